The van der Waals surface area contributed by atoms with E-state index in [0.717, 1.165) is 5.56 Å². The van der Waals surface area contributed by atoms with Crippen molar-refractivity contribution >= 4 is 35.0 Å². The van der Waals surface area contributed by atoms with Gasteiger partial charge in [0.05, 0.1) is 17.1 Å². The molecule has 2 aromatic carbocycles. The molecule has 1 aliphatic heterocycles. The van der Waals surface area contributed by atoms with Crippen molar-refractivity contribution in [3.8, 4) is 0 Å². The van der Waals surface area contributed by atoms with Crippen LogP contribution >= 0.6 is 23.2 Å². The van der Waals surface area contributed by atoms with Gasteiger partial charge in [-0.1, -0.05) is 35.3 Å². The zero-order valence-corrected chi connectivity index (χ0v) is 17.6. The van der Waals surface area contributed by atoms with Crippen LogP contribution in [-0.2, 0) is 11.3 Å². The molecule has 0 spiro atoms. The highest BCUT2D eigenvalue weighted by atomic mass is 35.5. The summed E-state index contributed by atoms with van der Waals surface area (Å²) in [7, 11) is 0. The molecule has 0 bridgehead atoms. The Morgan fingerprint density at radius 2 is 1.79 bits per heavy atom. The van der Waals surface area contributed by atoms with Gasteiger partial charge in [-0.05, 0) is 42.3 Å². The second-order valence-electron chi connectivity index (χ2n) is 7.05. The Bertz CT molecular complexity index is 915. The number of amides is 2. The summed E-state index contributed by atoms with van der Waals surface area (Å²) in [5, 5.41) is 3.67. The summed E-state index contributed by atoms with van der Waals surface area (Å²) in [6.07, 6.45) is 0. The average Bonchev–Trinajstić information content (AvgIpc) is 2.69. The van der Waals surface area contributed by atoms with E-state index in [1.54, 1.807) is 42.2 Å². The summed E-state index contributed by atoms with van der Waals surface area (Å²) < 4.78 is 13.3. The minimum Gasteiger partial charge on any atom is -0.351 e. The fraction of sp³-hybridized carbons (Fsp3) is 0.333. The van der Waals surface area contributed by atoms with Gasteiger partial charge in [0.25, 0.3) is 5.91 Å². The van der Waals surface area contributed by atoms with Gasteiger partial charge in [0.15, 0.2) is 0 Å². The van der Waals surface area contributed by atoms with E-state index in [1.807, 2.05) is 4.90 Å². The van der Waals surface area contributed by atoms with Gasteiger partial charge >= 0.3 is 0 Å². The SMILES string of the molecule is Cc1cc(CNC(=O)CN2CCN(C(=O)c3ccc(Cl)cc3Cl)CC2)ccc1F. The van der Waals surface area contributed by atoms with E-state index >= 15 is 0 Å². The summed E-state index contributed by atoms with van der Waals surface area (Å²) >= 11 is 12.0. The fourth-order valence-corrected chi connectivity index (χ4v) is 3.71. The zero-order valence-electron chi connectivity index (χ0n) is 16.1. The number of carbonyl (C=O) groups is 2. The number of nitrogens with zero attached hydrogens (tertiary/aromatic N) is 2. The van der Waals surface area contributed by atoms with Crippen molar-refractivity contribution in [2.24, 2.45) is 0 Å². The fourth-order valence-electron chi connectivity index (χ4n) is 3.22. The molecule has 1 N–H and O–H groups in total. The summed E-state index contributed by atoms with van der Waals surface area (Å²) in [6.45, 7) is 4.53. The maximum atomic E-state index is 13.3. The number of aryl methyl sites for hydroxylation is 1. The van der Waals surface area contributed by atoms with Crippen LogP contribution in [0.2, 0.25) is 10.0 Å². The molecule has 154 valence electrons. The van der Waals surface area contributed by atoms with Crippen molar-refractivity contribution in [1.82, 2.24) is 15.1 Å². The first-order valence-corrected chi connectivity index (χ1v) is 10.1. The molecule has 1 aliphatic rings. The van der Waals surface area contributed by atoms with Crippen molar-refractivity contribution in [1.29, 1.82) is 0 Å². The highest BCUT2D eigenvalue weighted by molar-refractivity contribution is 6.36. The molecule has 0 aromatic heterocycles. The van der Waals surface area contributed by atoms with E-state index in [-0.39, 0.29) is 24.2 Å². The molecule has 3 rings (SSSR count). The quantitative estimate of drug-likeness (QED) is 0.778. The minimum atomic E-state index is -0.257. The number of rotatable bonds is 5. The highest BCUT2D eigenvalue weighted by Crippen LogP contribution is 2.22. The molecular formula is C21H22Cl2FN3O2. The molecular weight excluding hydrogens is 416 g/mol. The molecule has 0 unspecified atom stereocenters. The lowest BCUT2D eigenvalue weighted by molar-refractivity contribution is -0.122. The summed E-state index contributed by atoms with van der Waals surface area (Å²) in [6, 6.07) is 9.62. The van der Waals surface area contributed by atoms with Crippen LogP contribution in [0.15, 0.2) is 36.4 Å². The smallest absolute Gasteiger partial charge is 0.255 e. The van der Waals surface area contributed by atoms with Crippen LogP contribution in [-0.4, -0.2) is 54.3 Å². The van der Waals surface area contributed by atoms with Crippen molar-refractivity contribution in [2.45, 2.75) is 13.5 Å². The normalized spacial score (nSPS) is 14.7. The second-order valence-corrected chi connectivity index (χ2v) is 7.90. The third-order valence-corrected chi connectivity index (χ3v) is 5.45. The third kappa shape index (κ3) is 5.69. The predicted molar refractivity (Wildman–Crippen MR) is 112 cm³/mol. The number of halogens is 3. The van der Waals surface area contributed by atoms with Crippen LogP contribution in [0.1, 0.15) is 21.5 Å². The van der Waals surface area contributed by atoms with Gasteiger partial charge < -0.3 is 10.2 Å². The number of hydrogen-bond acceptors (Lipinski definition) is 3. The molecule has 2 amide bonds. The highest BCUT2D eigenvalue weighted by Gasteiger charge is 2.24. The first-order chi connectivity index (χ1) is 13.8. The molecule has 5 nitrogen and oxygen atoms in total. The van der Waals surface area contributed by atoms with Crippen molar-refractivity contribution in [3.05, 3.63) is 69.0 Å². The van der Waals surface area contributed by atoms with Gasteiger partial charge in [-0.15, -0.1) is 0 Å². The average molecular weight is 438 g/mol. The molecule has 0 aliphatic carbocycles. The molecule has 2 aromatic rings. The van der Waals surface area contributed by atoms with Gasteiger partial charge in [-0.2, -0.15) is 0 Å². The van der Waals surface area contributed by atoms with Gasteiger partial charge in [-0.3, -0.25) is 14.5 Å². The van der Waals surface area contributed by atoms with Crippen LogP contribution in [0.3, 0.4) is 0 Å². The van der Waals surface area contributed by atoms with Crippen molar-refractivity contribution in [2.75, 3.05) is 32.7 Å². The van der Waals surface area contributed by atoms with Crippen molar-refractivity contribution < 1.29 is 14.0 Å². The lowest BCUT2D eigenvalue weighted by Gasteiger charge is -2.34. The second kappa shape index (κ2) is 9.57. The van der Waals surface area contributed by atoms with E-state index < -0.39 is 0 Å². The minimum absolute atomic E-state index is 0.104. The number of benzene rings is 2. The predicted octanol–water partition coefficient (Wildman–Crippen LogP) is 3.52. The maximum absolute atomic E-state index is 13.3. The van der Waals surface area contributed by atoms with Crippen LogP contribution in [0.25, 0.3) is 0 Å². The number of nitrogens with one attached hydrogen (secondary N) is 1. The van der Waals surface area contributed by atoms with Gasteiger partial charge in [0.2, 0.25) is 5.91 Å². The van der Waals surface area contributed by atoms with Gasteiger partial charge in [0, 0.05) is 37.7 Å². The molecule has 0 saturated carbocycles. The Labute approximate surface area is 179 Å². The summed E-state index contributed by atoms with van der Waals surface area (Å²) in [5.41, 5.74) is 1.84. The first kappa shape index (κ1) is 21.6. The van der Waals surface area contributed by atoms with Crippen LogP contribution in [0.5, 0.6) is 0 Å². The summed E-state index contributed by atoms with van der Waals surface area (Å²) in [4.78, 5) is 28.6. The summed E-state index contributed by atoms with van der Waals surface area (Å²) in [5.74, 6) is -0.498. The number of piperazine rings is 1. The number of hydrogen-bond donors (Lipinski definition) is 1. The topological polar surface area (TPSA) is 52.7 Å². The Hall–Kier alpha value is -2.15. The van der Waals surface area contributed by atoms with Gasteiger partial charge in [0.1, 0.15) is 5.82 Å². The Morgan fingerprint density at radius 1 is 1.07 bits per heavy atom. The van der Waals surface area contributed by atoms with Gasteiger partial charge in [-0.25, -0.2) is 4.39 Å². The largest absolute Gasteiger partial charge is 0.351 e. The van der Waals surface area contributed by atoms with E-state index in [1.165, 1.54) is 6.07 Å². The van der Waals surface area contributed by atoms with Crippen molar-refractivity contribution in [3.63, 3.8) is 0 Å². The molecule has 1 fully saturated rings. The molecule has 0 radical (unpaired) electrons. The van der Waals surface area contributed by atoms with Crippen LogP contribution in [0, 0.1) is 12.7 Å². The maximum Gasteiger partial charge on any atom is 0.255 e. The molecule has 1 saturated heterocycles. The van der Waals surface area contributed by atoms with Crippen LogP contribution in [0.4, 0.5) is 4.39 Å². The molecule has 1 heterocycles. The Balaban J connectivity index is 1.46. The van der Waals surface area contributed by atoms with Crippen LogP contribution < -0.4 is 5.32 Å². The molecule has 8 heteroatoms. The lowest BCUT2D eigenvalue weighted by atomic mass is 10.1. The van der Waals surface area contributed by atoms with E-state index in [4.69, 9.17) is 23.2 Å². The zero-order chi connectivity index (χ0) is 21.0. The standard InChI is InChI=1S/C21H22Cl2FN3O2/c1-14-10-15(2-5-19(14)24)12-25-20(28)13-26-6-8-27(9-7-26)21(29)17-4-3-16(22)11-18(17)23/h2-5,10-11H,6-9,12-13H2,1H3,(H,25,28). The molecule has 29 heavy (non-hydrogen) atoms. The monoisotopic (exact) mass is 437 g/mol. The Morgan fingerprint density at radius 3 is 2.45 bits per heavy atom. The number of carbonyl (C=O) groups excluding carboxylic acids is 2. The Kier molecular flexibility index (Phi) is 7.11. The first-order valence-electron chi connectivity index (χ1n) is 9.32. The van der Waals surface area contributed by atoms with E-state index in [0.29, 0.717) is 53.9 Å². The van der Waals surface area contributed by atoms with E-state index in [2.05, 4.69) is 5.32 Å². The third-order valence-electron chi connectivity index (χ3n) is 4.90. The van der Waals surface area contributed by atoms with E-state index in [9.17, 15) is 14.0 Å². The lowest BCUT2D eigenvalue weighted by Crippen LogP contribution is -2.51. The molecule has 0 atom stereocenters.